The Morgan fingerprint density at radius 1 is 1.36 bits per heavy atom. The summed E-state index contributed by atoms with van der Waals surface area (Å²) in [6, 6.07) is 4.70. The van der Waals surface area contributed by atoms with Crippen molar-refractivity contribution in [2.45, 2.75) is 25.2 Å². The molecule has 5 nitrogen and oxygen atoms in total. The van der Waals surface area contributed by atoms with Crippen LogP contribution in [-0.2, 0) is 9.59 Å². The fourth-order valence-corrected chi connectivity index (χ4v) is 2.54. The number of furan rings is 1. The number of alkyl halides is 2. The van der Waals surface area contributed by atoms with Gasteiger partial charge in [-0.2, -0.15) is 0 Å². The van der Waals surface area contributed by atoms with Crippen molar-refractivity contribution < 1.29 is 27.5 Å². The second-order valence-electron chi connectivity index (χ2n) is 5.05. The van der Waals surface area contributed by atoms with Crippen LogP contribution in [0.15, 0.2) is 28.9 Å². The highest BCUT2D eigenvalue weighted by atomic mass is 19.3. The average Bonchev–Trinajstić information content (AvgIpc) is 2.88. The highest BCUT2D eigenvalue weighted by molar-refractivity contribution is 6.02. The van der Waals surface area contributed by atoms with E-state index in [0.29, 0.717) is 23.0 Å². The molecule has 2 amide bonds. The van der Waals surface area contributed by atoms with Crippen LogP contribution in [0.3, 0.4) is 0 Å². The lowest BCUT2D eigenvalue weighted by Gasteiger charge is -2.19. The lowest BCUT2D eigenvalue weighted by Crippen LogP contribution is -2.39. The minimum Gasteiger partial charge on any atom is -0.488 e. The number of halogens is 2. The first-order valence-corrected chi connectivity index (χ1v) is 6.80. The fraction of sp³-hybridized carbons (Fsp3) is 0.333. The van der Waals surface area contributed by atoms with Crippen LogP contribution in [0.4, 0.5) is 8.78 Å². The molecule has 116 valence electrons. The second kappa shape index (κ2) is 5.75. The van der Waals surface area contributed by atoms with Crippen LogP contribution in [0.2, 0.25) is 0 Å². The van der Waals surface area contributed by atoms with E-state index in [1.807, 2.05) is 0 Å². The van der Waals surface area contributed by atoms with E-state index in [9.17, 15) is 18.4 Å². The van der Waals surface area contributed by atoms with Gasteiger partial charge in [-0.25, -0.2) is 8.78 Å². The minimum absolute atomic E-state index is 0.255. The van der Waals surface area contributed by atoms with Crippen LogP contribution in [0.5, 0.6) is 5.75 Å². The van der Waals surface area contributed by atoms with Crippen molar-refractivity contribution in [2.24, 2.45) is 0 Å². The van der Waals surface area contributed by atoms with Gasteiger partial charge in [0.25, 0.3) is 6.43 Å². The summed E-state index contributed by atoms with van der Waals surface area (Å²) in [4.78, 5) is 23.2. The van der Waals surface area contributed by atoms with E-state index in [0.717, 1.165) is 0 Å². The van der Waals surface area contributed by atoms with E-state index in [4.69, 9.17) is 9.15 Å². The highest BCUT2D eigenvalue weighted by Gasteiger charge is 2.30. The average molecular weight is 309 g/mol. The molecule has 1 aromatic heterocycles. The van der Waals surface area contributed by atoms with Gasteiger partial charge in [-0.15, -0.1) is 0 Å². The SMILES string of the molecule is O=C1CCC(c2coc3ccc(OCC(F)F)cc23)C(=O)N1. The predicted molar refractivity (Wildman–Crippen MR) is 72.8 cm³/mol. The predicted octanol–water partition coefficient (Wildman–Crippen LogP) is 2.60. The molecule has 1 aromatic carbocycles. The molecule has 1 aliphatic rings. The van der Waals surface area contributed by atoms with Crippen LogP contribution in [0.1, 0.15) is 24.3 Å². The normalized spacial score (nSPS) is 18.8. The number of hydrogen-bond donors (Lipinski definition) is 1. The molecular formula is C15H13F2NO4. The van der Waals surface area contributed by atoms with Crippen LogP contribution in [-0.4, -0.2) is 24.8 Å². The number of carbonyl (C=O) groups excluding carboxylic acids is 2. The molecule has 1 saturated heterocycles. The van der Waals surface area contributed by atoms with Crippen molar-refractivity contribution in [1.82, 2.24) is 5.32 Å². The number of carbonyl (C=O) groups is 2. The Morgan fingerprint density at radius 2 is 2.18 bits per heavy atom. The molecule has 0 spiro atoms. The number of nitrogens with one attached hydrogen (secondary N) is 1. The smallest absolute Gasteiger partial charge is 0.272 e. The van der Waals surface area contributed by atoms with Crippen molar-refractivity contribution in [1.29, 1.82) is 0 Å². The standard InChI is InChI=1S/C15H13F2NO4/c16-13(17)7-21-8-1-3-12-10(5-8)11(6-22-12)9-2-4-14(19)18-15(9)20/h1,3,5-6,9,13H,2,4,7H2,(H,18,19,20). The Morgan fingerprint density at radius 3 is 2.91 bits per heavy atom. The molecule has 2 aromatic rings. The summed E-state index contributed by atoms with van der Waals surface area (Å²) < 4.78 is 34.8. The van der Waals surface area contributed by atoms with E-state index in [1.54, 1.807) is 12.1 Å². The van der Waals surface area contributed by atoms with Gasteiger partial charge in [0.1, 0.15) is 17.9 Å². The lowest BCUT2D eigenvalue weighted by molar-refractivity contribution is -0.134. The van der Waals surface area contributed by atoms with E-state index < -0.39 is 19.0 Å². The number of benzene rings is 1. The summed E-state index contributed by atoms with van der Waals surface area (Å²) in [5, 5.41) is 2.91. The number of amides is 2. The summed E-state index contributed by atoms with van der Waals surface area (Å²) in [7, 11) is 0. The maximum Gasteiger partial charge on any atom is 0.272 e. The molecule has 22 heavy (non-hydrogen) atoms. The second-order valence-corrected chi connectivity index (χ2v) is 5.05. The number of ether oxygens (including phenoxy) is 1. The topological polar surface area (TPSA) is 68.5 Å². The van der Waals surface area contributed by atoms with Gasteiger partial charge in [-0.1, -0.05) is 0 Å². The number of fused-ring (bicyclic) bond motifs is 1. The van der Waals surface area contributed by atoms with Crippen molar-refractivity contribution in [2.75, 3.05) is 6.61 Å². The molecule has 2 heterocycles. The van der Waals surface area contributed by atoms with Crippen molar-refractivity contribution in [3.63, 3.8) is 0 Å². The molecule has 1 N–H and O–H groups in total. The lowest BCUT2D eigenvalue weighted by atomic mass is 9.90. The Labute approximate surface area is 124 Å². The van der Waals surface area contributed by atoms with E-state index >= 15 is 0 Å². The number of piperidine rings is 1. The van der Waals surface area contributed by atoms with E-state index in [1.165, 1.54) is 12.3 Å². The first-order valence-electron chi connectivity index (χ1n) is 6.80. The Bertz CT molecular complexity index is 725. The number of imide groups is 1. The molecule has 1 aliphatic heterocycles. The summed E-state index contributed by atoms with van der Waals surface area (Å²) in [6.45, 7) is -0.697. The highest BCUT2D eigenvalue weighted by Crippen LogP contribution is 2.34. The van der Waals surface area contributed by atoms with Crippen LogP contribution in [0, 0.1) is 0 Å². The molecule has 0 aliphatic carbocycles. The number of hydrogen-bond acceptors (Lipinski definition) is 4. The quantitative estimate of drug-likeness (QED) is 0.881. The molecule has 0 saturated carbocycles. The Kier molecular flexibility index (Phi) is 3.79. The van der Waals surface area contributed by atoms with Crippen LogP contribution >= 0.6 is 0 Å². The van der Waals surface area contributed by atoms with Gasteiger partial charge < -0.3 is 9.15 Å². The largest absolute Gasteiger partial charge is 0.488 e. The first kappa shape index (κ1) is 14.5. The summed E-state index contributed by atoms with van der Waals surface area (Å²) >= 11 is 0. The molecular weight excluding hydrogens is 296 g/mol. The third kappa shape index (κ3) is 2.79. The Hall–Kier alpha value is -2.44. The van der Waals surface area contributed by atoms with Gasteiger partial charge >= 0.3 is 0 Å². The van der Waals surface area contributed by atoms with Crippen molar-refractivity contribution >= 4 is 22.8 Å². The third-order valence-electron chi connectivity index (χ3n) is 3.57. The van der Waals surface area contributed by atoms with E-state index in [-0.39, 0.29) is 24.0 Å². The fourth-order valence-electron chi connectivity index (χ4n) is 2.54. The summed E-state index contributed by atoms with van der Waals surface area (Å²) in [5.41, 5.74) is 1.16. The van der Waals surface area contributed by atoms with E-state index in [2.05, 4.69) is 5.32 Å². The summed E-state index contributed by atoms with van der Waals surface area (Å²) in [6.07, 6.45) is -0.456. The van der Waals surface area contributed by atoms with Crippen molar-refractivity contribution in [3.8, 4) is 5.75 Å². The molecule has 0 radical (unpaired) electrons. The van der Waals surface area contributed by atoms with Gasteiger partial charge in [0, 0.05) is 17.4 Å². The van der Waals surface area contributed by atoms with Gasteiger partial charge in [0.15, 0.2) is 0 Å². The van der Waals surface area contributed by atoms with Crippen LogP contribution in [0.25, 0.3) is 11.0 Å². The molecule has 7 heteroatoms. The molecule has 1 unspecified atom stereocenters. The minimum atomic E-state index is -2.56. The third-order valence-corrected chi connectivity index (χ3v) is 3.57. The van der Waals surface area contributed by atoms with Gasteiger partial charge in [0.05, 0.1) is 12.2 Å². The number of rotatable bonds is 4. The van der Waals surface area contributed by atoms with Gasteiger partial charge in [0.2, 0.25) is 11.8 Å². The van der Waals surface area contributed by atoms with Crippen molar-refractivity contribution in [3.05, 3.63) is 30.0 Å². The zero-order chi connectivity index (χ0) is 15.7. The molecule has 1 fully saturated rings. The molecule has 3 rings (SSSR count). The monoisotopic (exact) mass is 309 g/mol. The zero-order valence-corrected chi connectivity index (χ0v) is 11.5. The van der Waals surface area contributed by atoms with Gasteiger partial charge in [-0.3, -0.25) is 14.9 Å². The van der Waals surface area contributed by atoms with Gasteiger partial charge in [-0.05, 0) is 24.6 Å². The first-order chi connectivity index (χ1) is 10.5. The molecule has 1 atom stereocenters. The Balaban J connectivity index is 1.91. The maximum absolute atomic E-state index is 12.2. The van der Waals surface area contributed by atoms with Crippen LogP contribution < -0.4 is 10.1 Å². The maximum atomic E-state index is 12.2. The zero-order valence-electron chi connectivity index (χ0n) is 11.5. The summed E-state index contributed by atoms with van der Waals surface area (Å²) in [5.74, 6) is -0.889. The molecule has 0 bridgehead atoms.